The molecule has 0 aliphatic rings. The van der Waals surface area contributed by atoms with Gasteiger partial charge in [0, 0.05) is 32.5 Å². The van der Waals surface area contributed by atoms with Gasteiger partial charge < -0.3 is 5.32 Å². The van der Waals surface area contributed by atoms with E-state index in [0.717, 1.165) is 20.3 Å². The van der Waals surface area contributed by atoms with Crippen molar-refractivity contribution in [2.75, 3.05) is 5.32 Å². The molecule has 0 bridgehead atoms. The third kappa shape index (κ3) is 3.51. The minimum atomic E-state index is -0.625. The standard InChI is InChI=1S/C12H10BrFN2O2S/c1-7-12(13)5-11(19-7)6-15-9-2-8(14)3-10(4-9)16(17)18/h2-5,15H,6H2,1H3. The summed E-state index contributed by atoms with van der Waals surface area (Å²) in [5, 5.41) is 13.6. The highest BCUT2D eigenvalue weighted by atomic mass is 79.9. The van der Waals surface area contributed by atoms with E-state index >= 15 is 0 Å². The number of nitro benzene ring substituents is 1. The highest BCUT2D eigenvalue weighted by Gasteiger charge is 2.10. The van der Waals surface area contributed by atoms with Gasteiger partial charge in [0.2, 0.25) is 0 Å². The van der Waals surface area contributed by atoms with Gasteiger partial charge >= 0.3 is 0 Å². The van der Waals surface area contributed by atoms with E-state index in [1.165, 1.54) is 12.1 Å². The van der Waals surface area contributed by atoms with Crippen LogP contribution in [0.2, 0.25) is 0 Å². The smallest absolute Gasteiger partial charge is 0.274 e. The van der Waals surface area contributed by atoms with Crippen LogP contribution in [0.5, 0.6) is 0 Å². The van der Waals surface area contributed by atoms with Crippen LogP contribution in [0.25, 0.3) is 0 Å². The van der Waals surface area contributed by atoms with Crippen molar-refractivity contribution in [2.24, 2.45) is 0 Å². The molecule has 2 rings (SSSR count). The molecule has 0 amide bonds. The Morgan fingerprint density at radius 2 is 2.16 bits per heavy atom. The molecule has 0 saturated carbocycles. The second-order valence-electron chi connectivity index (χ2n) is 3.93. The lowest BCUT2D eigenvalue weighted by molar-refractivity contribution is -0.385. The Morgan fingerprint density at radius 3 is 2.74 bits per heavy atom. The van der Waals surface area contributed by atoms with E-state index in [1.54, 1.807) is 11.3 Å². The van der Waals surface area contributed by atoms with E-state index in [0.29, 0.717) is 12.2 Å². The Bertz CT molecular complexity index is 611. The normalized spacial score (nSPS) is 10.5. The zero-order chi connectivity index (χ0) is 14.0. The molecule has 0 radical (unpaired) electrons. The van der Waals surface area contributed by atoms with Crippen LogP contribution in [-0.4, -0.2) is 4.92 Å². The number of benzene rings is 1. The van der Waals surface area contributed by atoms with Crippen LogP contribution in [0.1, 0.15) is 9.75 Å². The van der Waals surface area contributed by atoms with Gasteiger partial charge in [-0.25, -0.2) is 4.39 Å². The average molecular weight is 345 g/mol. The quantitative estimate of drug-likeness (QED) is 0.657. The Kier molecular flexibility index (Phi) is 4.16. The molecule has 0 saturated heterocycles. The maximum absolute atomic E-state index is 13.2. The summed E-state index contributed by atoms with van der Waals surface area (Å²) in [5.41, 5.74) is 0.139. The molecule has 100 valence electrons. The van der Waals surface area contributed by atoms with Gasteiger partial charge in [0.1, 0.15) is 5.82 Å². The van der Waals surface area contributed by atoms with Crippen LogP contribution in [0.15, 0.2) is 28.7 Å². The van der Waals surface area contributed by atoms with Crippen molar-refractivity contribution in [2.45, 2.75) is 13.5 Å². The minimum Gasteiger partial charge on any atom is -0.380 e. The topological polar surface area (TPSA) is 55.2 Å². The van der Waals surface area contributed by atoms with Crippen molar-refractivity contribution in [3.63, 3.8) is 0 Å². The zero-order valence-electron chi connectivity index (χ0n) is 9.94. The molecule has 4 nitrogen and oxygen atoms in total. The average Bonchev–Trinajstić information content (AvgIpc) is 2.65. The Hall–Kier alpha value is -1.47. The second-order valence-corrected chi connectivity index (χ2v) is 6.12. The summed E-state index contributed by atoms with van der Waals surface area (Å²) >= 11 is 5.03. The SMILES string of the molecule is Cc1sc(CNc2cc(F)cc([N+](=O)[O-])c2)cc1Br. The Morgan fingerprint density at radius 1 is 1.42 bits per heavy atom. The van der Waals surface area contributed by atoms with Crippen molar-refractivity contribution in [3.05, 3.63) is 54.4 Å². The minimum absolute atomic E-state index is 0.258. The molecule has 19 heavy (non-hydrogen) atoms. The maximum atomic E-state index is 13.2. The molecule has 0 spiro atoms. The molecular formula is C12H10BrFN2O2S. The molecule has 0 fully saturated rings. The number of aryl methyl sites for hydroxylation is 1. The number of anilines is 1. The Balaban J connectivity index is 2.13. The molecule has 1 aromatic carbocycles. The third-order valence-electron chi connectivity index (χ3n) is 2.47. The van der Waals surface area contributed by atoms with Gasteiger partial charge in [0.15, 0.2) is 0 Å². The van der Waals surface area contributed by atoms with E-state index < -0.39 is 10.7 Å². The van der Waals surface area contributed by atoms with Gasteiger partial charge in [0.25, 0.3) is 5.69 Å². The van der Waals surface area contributed by atoms with Gasteiger partial charge in [-0.15, -0.1) is 11.3 Å². The number of rotatable bonds is 4. The van der Waals surface area contributed by atoms with Crippen molar-refractivity contribution in [1.82, 2.24) is 0 Å². The molecule has 7 heteroatoms. The number of nitrogens with one attached hydrogen (secondary N) is 1. The number of non-ortho nitro benzene ring substituents is 1. The fourth-order valence-corrected chi connectivity index (χ4v) is 3.12. The summed E-state index contributed by atoms with van der Waals surface area (Å²) in [5.74, 6) is -0.625. The van der Waals surface area contributed by atoms with E-state index in [9.17, 15) is 14.5 Å². The molecule has 0 unspecified atom stereocenters. The number of hydrogen-bond acceptors (Lipinski definition) is 4. The lowest BCUT2D eigenvalue weighted by Gasteiger charge is -2.04. The monoisotopic (exact) mass is 344 g/mol. The van der Waals surface area contributed by atoms with E-state index in [-0.39, 0.29) is 5.69 Å². The van der Waals surface area contributed by atoms with Gasteiger partial charge in [-0.3, -0.25) is 10.1 Å². The summed E-state index contributed by atoms with van der Waals surface area (Å²) in [6, 6.07) is 5.43. The van der Waals surface area contributed by atoms with Gasteiger partial charge in [-0.05, 0) is 35.0 Å². The number of halogens is 2. The second kappa shape index (κ2) is 5.66. The first-order valence-corrected chi connectivity index (χ1v) is 7.00. The van der Waals surface area contributed by atoms with Crippen molar-refractivity contribution >= 4 is 38.6 Å². The van der Waals surface area contributed by atoms with Crippen LogP contribution in [-0.2, 0) is 6.54 Å². The van der Waals surface area contributed by atoms with Crippen molar-refractivity contribution in [1.29, 1.82) is 0 Å². The lowest BCUT2D eigenvalue weighted by atomic mass is 10.2. The summed E-state index contributed by atoms with van der Waals surface area (Å²) in [6.45, 7) is 2.49. The molecule has 1 N–H and O–H groups in total. The molecule has 0 aliphatic heterocycles. The number of nitro groups is 1. The number of nitrogens with zero attached hydrogens (tertiary/aromatic N) is 1. The molecule has 0 atom stereocenters. The van der Waals surface area contributed by atoms with Crippen LogP contribution in [0.4, 0.5) is 15.8 Å². The highest BCUT2D eigenvalue weighted by Crippen LogP contribution is 2.27. The summed E-state index contributed by atoms with van der Waals surface area (Å²) in [6.07, 6.45) is 0. The maximum Gasteiger partial charge on any atom is 0.274 e. The van der Waals surface area contributed by atoms with Crippen molar-refractivity contribution < 1.29 is 9.31 Å². The molecule has 1 aromatic heterocycles. The van der Waals surface area contributed by atoms with Crippen LogP contribution >= 0.6 is 27.3 Å². The van der Waals surface area contributed by atoms with Crippen molar-refractivity contribution in [3.8, 4) is 0 Å². The third-order valence-corrected chi connectivity index (χ3v) is 4.60. The molecule has 2 aromatic rings. The first kappa shape index (κ1) is 14.0. The fraction of sp³-hybridized carbons (Fsp3) is 0.167. The lowest BCUT2D eigenvalue weighted by Crippen LogP contribution is -1.99. The summed E-state index contributed by atoms with van der Waals surface area (Å²) in [4.78, 5) is 12.2. The van der Waals surface area contributed by atoms with Crippen LogP contribution in [0.3, 0.4) is 0 Å². The Labute approximate surface area is 121 Å². The number of thiophene rings is 1. The summed E-state index contributed by atoms with van der Waals surface area (Å²) in [7, 11) is 0. The zero-order valence-corrected chi connectivity index (χ0v) is 12.3. The number of hydrogen-bond donors (Lipinski definition) is 1. The predicted molar refractivity (Wildman–Crippen MR) is 77.1 cm³/mol. The van der Waals surface area contributed by atoms with Crippen LogP contribution in [0, 0.1) is 22.9 Å². The molecule has 0 aliphatic carbocycles. The highest BCUT2D eigenvalue weighted by molar-refractivity contribution is 9.10. The van der Waals surface area contributed by atoms with Crippen LogP contribution < -0.4 is 5.32 Å². The van der Waals surface area contributed by atoms with Gasteiger partial charge in [-0.2, -0.15) is 0 Å². The van der Waals surface area contributed by atoms with Gasteiger partial charge in [-0.1, -0.05) is 0 Å². The van der Waals surface area contributed by atoms with E-state index in [1.807, 2.05) is 13.0 Å². The van der Waals surface area contributed by atoms with E-state index in [4.69, 9.17) is 0 Å². The fourth-order valence-electron chi connectivity index (χ4n) is 1.58. The first-order valence-electron chi connectivity index (χ1n) is 5.39. The largest absolute Gasteiger partial charge is 0.380 e. The van der Waals surface area contributed by atoms with E-state index in [2.05, 4.69) is 21.2 Å². The summed E-state index contributed by atoms with van der Waals surface area (Å²) < 4.78 is 14.3. The predicted octanol–water partition coefficient (Wildman–Crippen LogP) is 4.48. The molecular weight excluding hydrogens is 335 g/mol. The first-order chi connectivity index (χ1) is 8.95. The van der Waals surface area contributed by atoms with Gasteiger partial charge in [0.05, 0.1) is 11.0 Å². The molecule has 1 heterocycles.